The van der Waals surface area contributed by atoms with Gasteiger partial charge in [-0.25, -0.2) is 4.79 Å². The van der Waals surface area contributed by atoms with Gasteiger partial charge in [0.15, 0.2) is 0 Å². The highest BCUT2D eigenvalue weighted by atomic mass is 16.4. The van der Waals surface area contributed by atoms with E-state index in [2.05, 4.69) is 10.4 Å². The van der Waals surface area contributed by atoms with E-state index in [4.69, 9.17) is 5.11 Å². The first-order valence-corrected chi connectivity index (χ1v) is 6.18. The highest BCUT2D eigenvalue weighted by Gasteiger charge is 2.16. The SMILES string of the molecule is CC(C(=O)O)n1ccc(C(=O)NCc2ccccc2)n1. The van der Waals surface area contributed by atoms with E-state index in [9.17, 15) is 9.59 Å². The highest BCUT2D eigenvalue weighted by molar-refractivity contribution is 5.92. The summed E-state index contributed by atoms with van der Waals surface area (Å²) in [5.74, 6) is -1.32. The van der Waals surface area contributed by atoms with Crippen molar-refractivity contribution in [1.29, 1.82) is 0 Å². The van der Waals surface area contributed by atoms with Gasteiger partial charge in [0.25, 0.3) is 5.91 Å². The molecule has 0 radical (unpaired) electrons. The Kier molecular flexibility index (Phi) is 4.14. The third-order valence-corrected chi connectivity index (χ3v) is 2.89. The van der Waals surface area contributed by atoms with Gasteiger partial charge in [-0.2, -0.15) is 5.10 Å². The molecular formula is C14H15N3O3. The van der Waals surface area contributed by atoms with Crippen LogP contribution in [0.15, 0.2) is 42.6 Å². The van der Waals surface area contributed by atoms with Crippen molar-refractivity contribution in [3.05, 3.63) is 53.9 Å². The average molecular weight is 273 g/mol. The molecule has 6 heteroatoms. The smallest absolute Gasteiger partial charge is 0.328 e. The summed E-state index contributed by atoms with van der Waals surface area (Å²) in [6, 6.07) is 10.2. The summed E-state index contributed by atoms with van der Waals surface area (Å²) in [6.45, 7) is 1.90. The zero-order chi connectivity index (χ0) is 14.5. The highest BCUT2D eigenvalue weighted by Crippen LogP contribution is 2.06. The molecule has 1 atom stereocenters. The number of carbonyl (C=O) groups excluding carboxylic acids is 1. The number of carboxylic acids is 1. The number of carbonyl (C=O) groups is 2. The predicted molar refractivity (Wildman–Crippen MR) is 72.2 cm³/mol. The minimum absolute atomic E-state index is 0.203. The van der Waals surface area contributed by atoms with Crippen molar-refractivity contribution < 1.29 is 14.7 Å². The van der Waals surface area contributed by atoms with Crippen molar-refractivity contribution in [2.75, 3.05) is 0 Å². The van der Waals surface area contributed by atoms with E-state index in [-0.39, 0.29) is 11.6 Å². The number of rotatable bonds is 5. The maximum absolute atomic E-state index is 11.9. The first-order valence-electron chi connectivity index (χ1n) is 6.18. The van der Waals surface area contributed by atoms with Crippen LogP contribution < -0.4 is 5.32 Å². The van der Waals surface area contributed by atoms with Gasteiger partial charge >= 0.3 is 5.97 Å². The number of aromatic nitrogens is 2. The van der Waals surface area contributed by atoms with Crippen LogP contribution >= 0.6 is 0 Å². The van der Waals surface area contributed by atoms with E-state index < -0.39 is 12.0 Å². The molecule has 0 bridgehead atoms. The molecule has 2 rings (SSSR count). The molecule has 1 heterocycles. The van der Waals surface area contributed by atoms with Crippen LogP contribution in [0.3, 0.4) is 0 Å². The van der Waals surface area contributed by atoms with Crippen molar-refractivity contribution in [3.63, 3.8) is 0 Å². The van der Waals surface area contributed by atoms with Crippen LogP contribution in [-0.2, 0) is 11.3 Å². The van der Waals surface area contributed by atoms with Gasteiger partial charge in [0, 0.05) is 12.7 Å². The third-order valence-electron chi connectivity index (χ3n) is 2.89. The normalized spacial score (nSPS) is 11.8. The molecule has 2 aromatic rings. The van der Waals surface area contributed by atoms with Crippen LogP contribution in [0.25, 0.3) is 0 Å². The Hall–Kier alpha value is -2.63. The average Bonchev–Trinajstić information content (AvgIpc) is 2.94. The summed E-state index contributed by atoms with van der Waals surface area (Å²) >= 11 is 0. The summed E-state index contributed by atoms with van der Waals surface area (Å²) in [5, 5.41) is 15.6. The Bertz CT molecular complexity index is 607. The summed E-state index contributed by atoms with van der Waals surface area (Å²) in [6.07, 6.45) is 1.48. The van der Waals surface area contributed by atoms with E-state index in [1.807, 2.05) is 30.3 Å². The van der Waals surface area contributed by atoms with Gasteiger partial charge in [-0.05, 0) is 18.6 Å². The fourth-order valence-corrected chi connectivity index (χ4v) is 1.66. The lowest BCUT2D eigenvalue weighted by Crippen LogP contribution is -2.24. The zero-order valence-electron chi connectivity index (χ0n) is 11.0. The largest absolute Gasteiger partial charge is 0.480 e. The number of amides is 1. The van der Waals surface area contributed by atoms with E-state index in [0.29, 0.717) is 6.54 Å². The number of nitrogens with zero attached hydrogens (tertiary/aromatic N) is 2. The predicted octanol–water partition coefficient (Wildman–Crippen LogP) is 1.46. The summed E-state index contributed by atoms with van der Waals surface area (Å²) in [4.78, 5) is 22.7. The molecule has 1 aromatic heterocycles. The number of aliphatic carboxylic acids is 1. The Morgan fingerprint density at radius 2 is 2.00 bits per heavy atom. The van der Waals surface area contributed by atoms with E-state index in [0.717, 1.165) is 5.56 Å². The minimum atomic E-state index is -0.996. The number of carboxylic acid groups (broad SMARTS) is 1. The minimum Gasteiger partial charge on any atom is -0.480 e. The monoisotopic (exact) mass is 273 g/mol. The lowest BCUT2D eigenvalue weighted by Gasteiger charge is -2.06. The van der Waals surface area contributed by atoms with Gasteiger partial charge in [-0.3, -0.25) is 9.48 Å². The Morgan fingerprint density at radius 3 is 2.65 bits per heavy atom. The van der Waals surface area contributed by atoms with Crippen molar-refractivity contribution >= 4 is 11.9 Å². The van der Waals surface area contributed by atoms with Gasteiger partial charge in [0.1, 0.15) is 11.7 Å². The van der Waals surface area contributed by atoms with E-state index >= 15 is 0 Å². The van der Waals surface area contributed by atoms with E-state index in [1.54, 1.807) is 0 Å². The van der Waals surface area contributed by atoms with Crippen LogP contribution in [0.5, 0.6) is 0 Å². The Morgan fingerprint density at radius 1 is 1.30 bits per heavy atom. The second-order valence-electron chi connectivity index (χ2n) is 4.36. The lowest BCUT2D eigenvalue weighted by atomic mass is 10.2. The lowest BCUT2D eigenvalue weighted by molar-refractivity contribution is -0.140. The van der Waals surface area contributed by atoms with Crippen LogP contribution in [0.1, 0.15) is 29.0 Å². The quantitative estimate of drug-likeness (QED) is 0.863. The van der Waals surface area contributed by atoms with Gasteiger partial charge in [0.2, 0.25) is 0 Å². The molecule has 2 N–H and O–H groups in total. The maximum atomic E-state index is 11.9. The molecule has 1 unspecified atom stereocenters. The molecule has 6 nitrogen and oxygen atoms in total. The summed E-state index contributed by atoms with van der Waals surface area (Å²) in [7, 11) is 0. The molecule has 1 amide bonds. The van der Waals surface area contributed by atoms with Crippen molar-refractivity contribution in [1.82, 2.24) is 15.1 Å². The molecule has 0 aliphatic carbocycles. The Balaban J connectivity index is 1.98. The van der Waals surface area contributed by atoms with Crippen molar-refractivity contribution in [2.45, 2.75) is 19.5 Å². The molecule has 104 valence electrons. The van der Waals surface area contributed by atoms with Gasteiger partial charge in [-0.15, -0.1) is 0 Å². The Labute approximate surface area is 116 Å². The van der Waals surface area contributed by atoms with Crippen molar-refractivity contribution in [2.24, 2.45) is 0 Å². The molecular weight excluding hydrogens is 258 g/mol. The zero-order valence-corrected chi connectivity index (χ0v) is 11.0. The van der Waals surface area contributed by atoms with Gasteiger partial charge in [-0.1, -0.05) is 30.3 Å². The van der Waals surface area contributed by atoms with Crippen LogP contribution in [0.2, 0.25) is 0 Å². The topological polar surface area (TPSA) is 84.2 Å². The number of hydrogen-bond acceptors (Lipinski definition) is 3. The maximum Gasteiger partial charge on any atom is 0.328 e. The van der Waals surface area contributed by atoms with Crippen LogP contribution in [-0.4, -0.2) is 26.8 Å². The second-order valence-corrected chi connectivity index (χ2v) is 4.36. The standard InChI is InChI=1S/C14H15N3O3/c1-10(14(19)20)17-8-7-12(16-17)13(18)15-9-11-5-3-2-4-6-11/h2-8,10H,9H2,1H3,(H,15,18)(H,19,20). The molecule has 1 aromatic carbocycles. The van der Waals surface area contributed by atoms with Crippen LogP contribution in [0.4, 0.5) is 0 Å². The first kappa shape index (κ1) is 13.8. The molecule has 0 aliphatic heterocycles. The molecule has 0 fully saturated rings. The number of hydrogen-bond donors (Lipinski definition) is 2. The second kappa shape index (κ2) is 6.01. The third kappa shape index (κ3) is 3.23. The number of nitrogens with one attached hydrogen (secondary N) is 1. The van der Waals surface area contributed by atoms with Crippen molar-refractivity contribution in [3.8, 4) is 0 Å². The fourth-order valence-electron chi connectivity index (χ4n) is 1.66. The van der Waals surface area contributed by atoms with Crippen LogP contribution in [0, 0.1) is 0 Å². The number of benzene rings is 1. The fraction of sp³-hybridized carbons (Fsp3) is 0.214. The van der Waals surface area contributed by atoms with Gasteiger partial charge < -0.3 is 10.4 Å². The summed E-state index contributed by atoms with van der Waals surface area (Å²) < 4.78 is 1.25. The molecule has 0 spiro atoms. The molecule has 0 aliphatic rings. The molecule has 0 saturated heterocycles. The van der Waals surface area contributed by atoms with Gasteiger partial charge in [0.05, 0.1) is 0 Å². The first-order chi connectivity index (χ1) is 9.58. The molecule has 0 saturated carbocycles. The summed E-state index contributed by atoms with van der Waals surface area (Å²) in [5.41, 5.74) is 1.19. The molecule has 20 heavy (non-hydrogen) atoms. The van der Waals surface area contributed by atoms with E-state index in [1.165, 1.54) is 23.9 Å².